The van der Waals surface area contributed by atoms with E-state index < -0.39 is 35.2 Å². The van der Waals surface area contributed by atoms with Gasteiger partial charge in [-0.15, -0.1) is 13.2 Å². The van der Waals surface area contributed by atoms with Crippen molar-refractivity contribution in [2.45, 2.75) is 83.0 Å². The molecule has 2 amide bonds. The second kappa shape index (κ2) is 9.94. The molecule has 4 atom stereocenters. The number of fused-ring (bicyclic) bond motifs is 1. The largest absolute Gasteiger partial charge is 0.573 e. The Morgan fingerprint density at radius 3 is 2.66 bits per heavy atom. The molecule has 9 nitrogen and oxygen atoms in total. The van der Waals surface area contributed by atoms with E-state index in [9.17, 15) is 22.8 Å². The first-order valence-corrected chi connectivity index (χ1v) is 12.7. The van der Waals surface area contributed by atoms with Crippen molar-refractivity contribution in [3.8, 4) is 11.5 Å². The third kappa shape index (κ3) is 6.16. The Labute approximate surface area is 219 Å². The SMILES string of the molecule is COCC[C@H]([C@H]1C[C@@H]1C(=O)N[C@@H]1CC(C)(C)Oc2cccc(OC(F)(F)F)c21)N1C(=O)CC(C)(C)N=C1N. The molecular formula is C26H35F3N4O5. The number of guanidine groups is 1. The van der Waals surface area contributed by atoms with Gasteiger partial charge in [0.05, 0.1) is 23.6 Å². The molecule has 0 spiro atoms. The van der Waals surface area contributed by atoms with Gasteiger partial charge in [0.15, 0.2) is 5.96 Å². The molecule has 1 fully saturated rings. The highest BCUT2D eigenvalue weighted by atomic mass is 19.4. The Morgan fingerprint density at radius 2 is 2.03 bits per heavy atom. The van der Waals surface area contributed by atoms with Crippen LogP contribution < -0.4 is 20.5 Å². The summed E-state index contributed by atoms with van der Waals surface area (Å²) >= 11 is 0. The van der Waals surface area contributed by atoms with Gasteiger partial charge in [0, 0.05) is 32.1 Å². The highest BCUT2D eigenvalue weighted by molar-refractivity contribution is 5.99. The summed E-state index contributed by atoms with van der Waals surface area (Å²) in [4.78, 5) is 32.4. The van der Waals surface area contributed by atoms with Crippen molar-refractivity contribution in [1.82, 2.24) is 10.2 Å². The van der Waals surface area contributed by atoms with E-state index in [1.165, 1.54) is 17.0 Å². The Kier molecular flexibility index (Phi) is 7.32. The summed E-state index contributed by atoms with van der Waals surface area (Å²) in [6.07, 6.45) is -3.50. The van der Waals surface area contributed by atoms with Gasteiger partial charge in [0.2, 0.25) is 11.8 Å². The fraction of sp³-hybridized carbons (Fsp3) is 0.654. The molecule has 0 aromatic heterocycles. The summed E-state index contributed by atoms with van der Waals surface area (Å²) in [6, 6.07) is 3.04. The summed E-state index contributed by atoms with van der Waals surface area (Å²) in [7, 11) is 1.55. The molecule has 1 aliphatic carbocycles. The zero-order valence-corrected chi connectivity index (χ0v) is 22.2. The fourth-order valence-corrected chi connectivity index (χ4v) is 5.56. The van der Waals surface area contributed by atoms with E-state index in [4.69, 9.17) is 15.2 Å². The molecule has 1 aromatic carbocycles. The van der Waals surface area contributed by atoms with E-state index in [-0.39, 0.29) is 53.9 Å². The van der Waals surface area contributed by atoms with Gasteiger partial charge in [-0.1, -0.05) is 6.07 Å². The number of rotatable bonds is 8. The van der Waals surface area contributed by atoms with Crippen molar-refractivity contribution in [2.24, 2.45) is 22.6 Å². The standard InChI is InChI=1S/C26H35F3N4O5/c1-24(2)13-20(34)33(23(30)32-24)17(9-10-36-5)14-11-15(14)22(35)31-16-12-25(3,4)37-18-7-6-8-19(21(16)18)38-26(27,28)29/h6-8,14-17H,9-13H2,1-5H3,(H2,30,32)(H,31,35)/t14-,15-,16+,17+/m0/s1. The summed E-state index contributed by atoms with van der Waals surface area (Å²) < 4.78 is 54.7. The number of nitrogens with one attached hydrogen (secondary N) is 1. The van der Waals surface area contributed by atoms with Crippen molar-refractivity contribution < 1.29 is 37.0 Å². The lowest BCUT2D eigenvalue weighted by Crippen LogP contribution is -2.55. The van der Waals surface area contributed by atoms with Crippen LogP contribution >= 0.6 is 0 Å². The first-order chi connectivity index (χ1) is 17.6. The predicted molar refractivity (Wildman–Crippen MR) is 132 cm³/mol. The number of alkyl halides is 3. The lowest BCUT2D eigenvalue weighted by Gasteiger charge is -2.39. The highest BCUT2D eigenvalue weighted by Crippen LogP contribution is 2.48. The van der Waals surface area contributed by atoms with Gasteiger partial charge in [-0.05, 0) is 58.6 Å². The number of carbonyl (C=O) groups excluding carboxylic acids is 2. The lowest BCUT2D eigenvalue weighted by molar-refractivity contribution is -0.275. The minimum Gasteiger partial charge on any atom is -0.487 e. The van der Waals surface area contributed by atoms with Crippen molar-refractivity contribution in [3.05, 3.63) is 23.8 Å². The Hall–Kier alpha value is -3.02. The molecule has 1 aromatic rings. The van der Waals surface area contributed by atoms with Crippen LogP contribution in [0.2, 0.25) is 0 Å². The van der Waals surface area contributed by atoms with E-state index in [2.05, 4.69) is 15.0 Å². The maximum atomic E-state index is 13.4. The lowest BCUT2D eigenvalue weighted by atomic mass is 9.89. The second-order valence-corrected chi connectivity index (χ2v) is 11.4. The van der Waals surface area contributed by atoms with Crippen LogP contribution in [0, 0.1) is 11.8 Å². The number of nitrogens with two attached hydrogens (primary N) is 1. The van der Waals surface area contributed by atoms with E-state index in [1.807, 2.05) is 13.8 Å². The topological polar surface area (TPSA) is 115 Å². The molecule has 3 aliphatic rings. The summed E-state index contributed by atoms with van der Waals surface area (Å²) in [5, 5.41) is 2.94. The van der Waals surface area contributed by atoms with Crippen molar-refractivity contribution in [3.63, 3.8) is 0 Å². The molecule has 2 heterocycles. The van der Waals surface area contributed by atoms with Gasteiger partial charge in [-0.2, -0.15) is 0 Å². The molecule has 2 aliphatic heterocycles. The number of halogens is 3. The first-order valence-electron chi connectivity index (χ1n) is 12.7. The molecule has 4 rings (SSSR count). The monoisotopic (exact) mass is 540 g/mol. The number of nitrogens with zero attached hydrogens (tertiary/aromatic N) is 2. The van der Waals surface area contributed by atoms with Crippen molar-refractivity contribution in [2.75, 3.05) is 13.7 Å². The van der Waals surface area contributed by atoms with Crippen LogP contribution in [0.3, 0.4) is 0 Å². The number of methoxy groups -OCH3 is 1. The quantitative estimate of drug-likeness (QED) is 0.520. The molecule has 0 saturated heterocycles. The molecular weight excluding hydrogens is 505 g/mol. The summed E-state index contributed by atoms with van der Waals surface area (Å²) in [5.41, 5.74) is 5.01. The predicted octanol–water partition coefficient (Wildman–Crippen LogP) is 3.67. The third-order valence-electron chi connectivity index (χ3n) is 7.14. The molecule has 0 radical (unpaired) electrons. The van der Waals surface area contributed by atoms with E-state index >= 15 is 0 Å². The van der Waals surface area contributed by atoms with Crippen LogP contribution in [0.4, 0.5) is 13.2 Å². The molecule has 1 saturated carbocycles. The molecule has 0 bridgehead atoms. The normalized spacial score (nSPS) is 26.5. The van der Waals surface area contributed by atoms with Crippen LogP contribution in [-0.4, -0.2) is 59.9 Å². The number of amides is 2. The average molecular weight is 541 g/mol. The Morgan fingerprint density at radius 1 is 1.32 bits per heavy atom. The van der Waals surface area contributed by atoms with Gasteiger partial charge in [-0.25, -0.2) is 4.99 Å². The van der Waals surface area contributed by atoms with E-state index in [0.717, 1.165) is 0 Å². The minimum atomic E-state index is -4.90. The maximum Gasteiger partial charge on any atom is 0.573 e. The third-order valence-corrected chi connectivity index (χ3v) is 7.14. The zero-order chi connectivity index (χ0) is 28.0. The minimum absolute atomic E-state index is 0.118. The number of hydrogen-bond acceptors (Lipinski definition) is 7. The van der Waals surface area contributed by atoms with Gasteiger partial charge in [0.1, 0.15) is 17.1 Å². The zero-order valence-electron chi connectivity index (χ0n) is 22.2. The molecule has 12 heteroatoms. The van der Waals surface area contributed by atoms with E-state index in [0.29, 0.717) is 19.4 Å². The number of ether oxygens (including phenoxy) is 3. The van der Waals surface area contributed by atoms with Crippen LogP contribution in [0.5, 0.6) is 11.5 Å². The molecule has 3 N–H and O–H groups in total. The van der Waals surface area contributed by atoms with Gasteiger partial charge in [-0.3, -0.25) is 14.5 Å². The Bertz CT molecular complexity index is 1120. The summed E-state index contributed by atoms with van der Waals surface area (Å²) in [6.45, 7) is 7.63. The second-order valence-electron chi connectivity index (χ2n) is 11.4. The van der Waals surface area contributed by atoms with Crippen LogP contribution in [-0.2, 0) is 14.3 Å². The summed E-state index contributed by atoms with van der Waals surface area (Å²) in [5.74, 6) is -1.18. The van der Waals surface area contributed by atoms with Crippen molar-refractivity contribution in [1.29, 1.82) is 0 Å². The first kappa shape index (κ1) is 28.0. The number of hydrogen-bond donors (Lipinski definition) is 2. The fourth-order valence-electron chi connectivity index (χ4n) is 5.56. The number of benzene rings is 1. The van der Waals surface area contributed by atoms with Gasteiger partial charge in [0.25, 0.3) is 0 Å². The van der Waals surface area contributed by atoms with E-state index in [1.54, 1.807) is 27.0 Å². The van der Waals surface area contributed by atoms with Gasteiger partial charge < -0.3 is 25.3 Å². The molecule has 0 unspecified atom stereocenters. The highest BCUT2D eigenvalue weighted by Gasteiger charge is 2.53. The molecule has 38 heavy (non-hydrogen) atoms. The smallest absolute Gasteiger partial charge is 0.487 e. The van der Waals surface area contributed by atoms with Crippen molar-refractivity contribution >= 4 is 17.8 Å². The number of carbonyl (C=O) groups is 2. The molecule has 210 valence electrons. The Balaban J connectivity index is 1.55. The average Bonchev–Trinajstić information content (AvgIpc) is 3.53. The number of aliphatic imine (C=N–C) groups is 1. The van der Waals surface area contributed by atoms with Crippen LogP contribution in [0.15, 0.2) is 23.2 Å². The van der Waals surface area contributed by atoms with Gasteiger partial charge >= 0.3 is 6.36 Å². The van der Waals surface area contributed by atoms with Crippen LogP contribution in [0.25, 0.3) is 0 Å². The van der Waals surface area contributed by atoms with Crippen LogP contribution in [0.1, 0.15) is 65.0 Å². The maximum absolute atomic E-state index is 13.4.